The highest BCUT2D eigenvalue weighted by Gasteiger charge is 2.15. The zero-order valence-corrected chi connectivity index (χ0v) is 25.5. The lowest BCUT2D eigenvalue weighted by Crippen LogP contribution is -2.37. The first-order chi connectivity index (χ1) is 20.5. The van der Waals surface area contributed by atoms with E-state index in [1.54, 1.807) is 42.9 Å². The number of ether oxygens (including phenoxy) is 2. The number of thiazole rings is 1. The topological polar surface area (TPSA) is 121 Å². The van der Waals surface area contributed by atoms with Gasteiger partial charge >= 0.3 is 0 Å². The molecule has 10 nitrogen and oxygen atoms in total. The Kier molecular flexibility index (Phi) is 13.9. The molecular formula is C31H42N6O4S. The van der Waals surface area contributed by atoms with Crippen LogP contribution in [0.15, 0.2) is 42.6 Å². The molecular weight excluding hydrogens is 552 g/mol. The van der Waals surface area contributed by atoms with Crippen LogP contribution < -0.4 is 15.4 Å². The van der Waals surface area contributed by atoms with Gasteiger partial charge in [-0.3, -0.25) is 9.59 Å². The van der Waals surface area contributed by atoms with Crippen LogP contribution in [0, 0.1) is 6.92 Å². The smallest absolute Gasteiger partial charge is 0.246 e. The Morgan fingerprint density at radius 3 is 2.83 bits per heavy atom. The number of fused-ring (bicyclic) bond motifs is 1. The molecule has 1 atom stereocenters. The number of carbonyl (C=O) groups is 2. The molecule has 1 fully saturated rings. The summed E-state index contributed by atoms with van der Waals surface area (Å²) in [5.41, 5.74) is 5.14. The van der Waals surface area contributed by atoms with Crippen molar-refractivity contribution < 1.29 is 19.1 Å². The fourth-order valence-corrected chi connectivity index (χ4v) is 5.18. The number of hydrogen-bond acceptors (Lipinski definition) is 8. The van der Waals surface area contributed by atoms with Gasteiger partial charge in [-0.15, -0.1) is 11.3 Å². The summed E-state index contributed by atoms with van der Waals surface area (Å²) in [5, 5.41) is 8.79. The number of likely N-dealkylation sites (N-methyl/N-ethyl adjacent to an activating group) is 1. The number of aromatic nitrogens is 3. The molecule has 2 aromatic heterocycles. The predicted octanol–water partition coefficient (Wildman–Crippen LogP) is 4.10. The lowest BCUT2D eigenvalue weighted by Gasteiger charge is -2.20. The lowest BCUT2D eigenvalue weighted by molar-refractivity contribution is -0.125. The summed E-state index contributed by atoms with van der Waals surface area (Å²) >= 11 is 1.70. The summed E-state index contributed by atoms with van der Waals surface area (Å²) in [6, 6.07) is 6.33. The SMILES string of the molecule is C=Cc1nc[nH]c1/C=C/C(=O)N(CC)CCNCC1CCCO1.CNC=O.Cc1csc(-c2ccc3c(c2)CCO3)n1. The number of aromatic amines is 1. The van der Waals surface area contributed by atoms with Crippen molar-refractivity contribution in [1.82, 2.24) is 30.5 Å². The molecule has 2 aliphatic rings. The standard InChI is InChI=1S/C17H26N4O2.C12H11NOS.C2H5NO/c1-3-15-16(20-13-19-15)7-8-17(22)21(4-2)10-9-18-12-14-6-5-11-23-14;1-8-7-15-12(13-8)10-2-3-11-9(6-10)4-5-14-11;1-3-2-4/h3,7-8,13-14,18H,1,4-6,9-12H2,2H3,(H,19,20);2-3,6-7H,4-5H2,1H3;2H,1H3,(H,3,4)/b8-7+;;. The normalized spacial score (nSPS) is 15.1. The summed E-state index contributed by atoms with van der Waals surface area (Å²) < 4.78 is 11.0. The van der Waals surface area contributed by atoms with Crippen LogP contribution in [0.4, 0.5) is 0 Å². The van der Waals surface area contributed by atoms with Crippen molar-refractivity contribution in [3.63, 3.8) is 0 Å². The molecule has 3 N–H and O–H groups in total. The second kappa shape index (κ2) is 17.9. The first-order valence-corrected chi connectivity index (χ1v) is 15.1. The molecule has 11 heteroatoms. The van der Waals surface area contributed by atoms with Crippen molar-refractivity contribution in [2.75, 3.05) is 46.4 Å². The molecule has 0 aliphatic carbocycles. The summed E-state index contributed by atoms with van der Waals surface area (Å²) in [7, 11) is 1.56. The minimum Gasteiger partial charge on any atom is -0.493 e. The minimum atomic E-state index is -0.00368. The van der Waals surface area contributed by atoms with E-state index in [-0.39, 0.29) is 5.91 Å². The van der Waals surface area contributed by atoms with Gasteiger partial charge in [-0.25, -0.2) is 9.97 Å². The van der Waals surface area contributed by atoms with Gasteiger partial charge in [-0.2, -0.15) is 0 Å². The number of aryl methyl sites for hydroxylation is 1. The first kappa shape index (κ1) is 32.7. The second-order valence-electron chi connectivity index (χ2n) is 9.62. The average molecular weight is 595 g/mol. The Morgan fingerprint density at radius 2 is 2.17 bits per heavy atom. The average Bonchev–Trinajstić information content (AvgIpc) is 3.84. The van der Waals surface area contributed by atoms with Gasteiger partial charge < -0.3 is 30.0 Å². The van der Waals surface area contributed by atoms with Gasteiger partial charge in [0.25, 0.3) is 0 Å². The van der Waals surface area contributed by atoms with Crippen LogP contribution in [0.25, 0.3) is 22.7 Å². The van der Waals surface area contributed by atoms with Gasteiger partial charge in [0.05, 0.1) is 30.4 Å². The predicted molar refractivity (Wildman–Crippen MR) is 168 cm³/mol. The largest absolute Gasteiger partial charge is 0.493 e. The summed E-state index contributed by atoms with van der Waals surface area (Å²) in [6.07, 6.45) is 10.8. The number of benzene rings is 1. The molecule has 4 heterocycles. The number of amides is 2. The van der Waals surface area contributed by atoms with Crippen molar-refractivity contribution in [3.05, 3.63) is 65.2 Å². The molecule has 1 aromatic carbocycles. The molecule has 0 saturated carbocycles. The third kappa shape index (κ3) is 10.2. The zero-order valence-electron chi connectivity index (χ0n) is 24.7. The van der Waals surface area contributed by atoms with Gasteiger partial charge in [0.15, 0.2) is 0 Å². The molecule has 0 radical (unpaired) electrons. The summed E-state index contributed by atoms with van der Waals surface area (Å²) in [5.74, 6) is 1.03. The molecule has 2 amide bonds. The van der Waals surface area contributed by atoms with E-state index in [2.05, 4.69) is 55.7 Å². The maximum atomic E-state index is 12.2. The van der Waals surface area contributed by atoms with Crippen LogP contribution in [-0.4, -0.2) is 84.7 Å². The number of rotatable bonds is 11. The molecule has 3 aromatic rings. The van der Waals surface area contributed by atoms with E-state index >= 15 is 0 Å². The van der Waals surface area contributed by atoms with E-state index in [1.807, 2.05) is 18.7 Å². The zero-order chi connectivity index (χ0) is 30.2. The molecule has 42 heavy (non-hydrogen) atoms. The number of carbonyl (C=O) groups excluding carboxylic acids is 2. The van der Waals surface area contributed by atoms with Gasteiger partial charge in [0, 0.05) is 69.0 Å². The van der Waals surface area contributed by atoms with E-state index in [9.17, 15) is 4.79 Å². The molecule has 5 rings (SSSR count). The molecule has 2 aliphatic heterocycles. The summed E-state index contributed by atoms with van der Waals surface area (Å²) in [4.78, 5) is 34.7. The Hall–Kier alpha value is -3.80. The van der Waals surface area contributed by atoms with Gasteiger partial charge in [-0.05, 0) is 62.6 Å². The van der Waals surface area contributed by atoms with Crippen LogP contribution in [0.3, 0.4) is 0 Å². The lowest BCUT2D eigenvalue weighted by atomic mass is 10.1. The van der Waals surface area contributed by atoms with Crippen LogP contribution in [0.1, 0.15) is 42.4 Å². The number of nitrogens with zero attached hydrogens (tertiary/aromatic N) is 3. The number of imidazole rings is 1. The van der Waals surface area contributed by atoms with Crippen molar-refractivity contribution in [2.45, 2.75) is 39.2 Å². The van der Waals surface area contributed by atoms with Crippen molar-refractivity contribution in [3.8, 4) is 16.3 Å². The van der Waals surface area contributed by atoms with Crippen molar-refractivity contribution >= 4 is 35.8 Å². The molecule has 1 unspecified atom stereocenters. The van der Waals surface area contributed by atoms with Gasteiger partial charge in [0.1, 0.15) is 10.8 Å². The Labute approximate surface area is 252 Å². The molecule has 0 bridgehead atoms. The third-order valence-electron chi connectivity index (χ3n) is 6.61. The highest BCUT2D eigenvalue weighted by molar-refractivity contribution is 7.13. The number of hydrogen-bond donors (Lipinski definition) is 3. The maximum Gasteiger partial charge on any atom is 0.246 e. The van der Waals surface area contributed by atoms with E-state index in [0.29, 0.717) is 25.6 Å². The van der Waals surface area contributed by atoms with Crippen LogP contribution in [0.2, 0.25) is 0 Å². The highest BCUT2D eigenvalue weighted by atomic mass is 32.1. The minimum absolute atomic E-state index is 0.00368. The van der Waals surface area contributed by atoms with E-state index in [4.69, 9.17) is 14.3 Å². The molecule has 0 spiro atoms. The third-order valence-corrected chi connectivity index (χ3v) is 7.62. The van der Waals surface area contributed by atoms with Gasteiger partial charge in [-0.1, -0.05) is 6.58 Å². The Morgan fingerprint density at radius 1 is 1.33 bits per heavy atom. The second-order valence-corrected chi connectivity index (χ2v) is 10.5. The van der Waals surface area contributed by atoms with Gasteiger partial charge in [0.2, 0.25) is 12.3 Å². The first-order valence-electron chi connectivity index (χ1n) is 14.2. The van der Waals surface area contributed by atoms with Crippen LogP contribution in [0.5, 0.6) is 5.75 Å². The van der Waals surface area contributed by atoms with Crippen LogP contribution >= 0.6 is 11.3 Å². The quantitative estimate of drug-likeness (QED) is 0.174. The van der Waals surface area contributed by atoms with E-state index < -0.39 is 0 Å². The van der Waals surface area contributed by atoms with E-state index in [0.717, 1.165) is 73.4 Å². The molecule has 226 valence electrons. The Bertz CT molecular complexity index is 1300. The fraction of sp³-hybridized carbons (Fsp3) is 0.419. The van der Waals surface area contributed by atoms with Crippen molar-refractivity contribution in [1.29, 1.82) is 0 Å². The maximum absolute atomic E-state index is 12.2. The number of H-pyrrole nitrogens is 1. The van der Waals surface area contributed by atoms with Crippen molar-refractivity contribution in [2.24, 2.45) is 0 Å². The Balaban J connectivity index is 0.000000217. The van der Waals surface area contributed by atoms with E-state index in [1.165, 1.54) is 11.1 Å². The fourth-order valence-electron chi connectivity index (χ4n) is 4.38. The summed E-state index contributed by atoms with van der Waals surface area (Å²) in [6.45, 7) is 12.4. The highest BCUT2D eigenvalue weighted by Crippen LogP contribution is 2.31. The monoisotopic (exact) mass is 594 g/mol. The molecule has 1 saturated heterocycles. The van der Waals surface area contributed by atoms with Crippen LogP contribution in [-0.2, 0) is 20.7 Å². The number of nitrogens with one attached hydrogen (secondary N) is 3.